The molecule has 0 amide bonds. The van der Waals surface area contributed by atoms with E-state index in [4.69, 9.17) is 4.74 Å². The third kappa shape index (κ3) is 4.82. The lowest BCUT2D eigenvalue weighted by Gasteiger charge is -2.20. The van der Waals surface area contributed by atoms with Crippen LogP contribution in [-0.2, 0) is 20.1 Å². The fourth-order valence-corrected chi connectivity index (χ4v) is 3.70. The van der Waals surface area contributed by atoms with Crippen molar-refractivity contribution in [3.8, 4) is 12.1 Å². The molecule has 0 radical (unpaired) electrons. The second-order valence-electron chi connectivity index (χ2n) is 7.57. The van der Waals surface area contributed by atoms with Gasteiger partial charge in [-0.15, -0.1) is 5.73 Å². The van der Waals surface area contributed by atoms with Gasteiger partial charge in [0.1, 0.15) is 12.0 Å². The molecule has 0 fully saturated rings. The normalized spacial score (nSPS) is 17.7. The van der Waals surface area contributed by atoms with Crippen molar-refractivity contribution < 1.29 is 9.84 Å². The summed E-state index contributed by atoms with van der Waals surface area (Å²) in [6.45, 7) is 5.79. The fraction of sp³-hybridized carbons (Fsp3) is 0.375. The van der Waals surface area contributed by atoms with E-state index in [1.54, 1.807) is 34.9 Å². The molecule has 2 aromatic heterocycles. The number of allylic oxidation sites excluding steroid dienone is 5. The summed E-state index contributed by atoms with van der Waals surface area (Å²) in [5.74, 6) is -0.521. The molecule has 2 aromatic rings. The van der Waals surface area contributed by atoms with Crippen LogP contribution < -0.4 is 16.0 Å². The average molecular weight is 450 g/mol. The first-order valence-electron chi connectivity index (χ1n) is 10.7. The number of ether oxygens (including phenoxy) is 1. The van der Waals surface area contributed by atoms with Gasteiger partial charge in [0.05, 0.1) is 12.6 Å². The molecule has 172 valence electrons. The number of hydrogen-bond donors (Lipinski definition) is 1. The molecule has 9 heteroatoms. The van der Waals surface area contributed by atoms with E-state index in [9.17, 15) is 20.0 Å². The molecule has 3 rings (SSSR count). The Morgan fingerprint density at radius 3 is 2.76 bits per heavy atom. The summed E-state index contributed by atoms with van der Waals surface area (Å²) >= 11 is 0. The Hall–Kier alpha value is -3.86. The Morgan fingerprint density at radius 1 is 1.33 bits per heavy atom. The highest BCUT2D eigenvalue weighted by Crippen LogP contribution is 2.24. The number of aliphatic hydroxyl groups is 1. The van der Waals surface area contributed by atoms with Crippen molar-refractivity contribution in [2.24, 2.45) is 13.0 Å². The number of imidazole rings is 1. The molecule has 1 aliphatic carbocycles. The van der Waals surface area contributed by atoms with Gasteiger partial charge in [-0.1, -0.05) is 37.8 Å². The Balaban J connectivity index is 2.25. The van der Waals surface area contributed by atoms with E-state index in [0.29, 0.717) is 0 Å². The van der Waals surface area contributed by atoms with Crippen LogP contribution in [0.3, 0.4) is 0 Å². The SMILES string of the molecule is C=C=C/C(=C\CC)Cn1c(OC2C=CC=CC2C#N)nc2c1c(=O)n(CCCO)c(=O)n2C. The molecule has 0 spiro atoms. The minimum absolute atomic E-state index is 0.0796. The summed E-state index contributed by atoms with van der Waals surface area (Å²) in [5, 5.41) is 18.7. The smallest absolute Gasteiger partial charge is 0.332 e. The molecule has 0 aromatic carbocycles. The van der Waals surface area contributed by atoms with Gasteiger partial charge in [0.25, 0.3) is 11.6 Å². The van der Waals surface area contributed by atoms with Crippen LogP contribution >= 0.6 is 0 Å². The number of aliphatic hydroxyl groups excluding tert-OH is 1. The van der Waals surface area contributed by atoms with Crippen LogP contribution in [0.2, 0.25) is 0 Å². The van der Waals surface area contributed by atoms with E-state index in [1.165, 1.54) is 11.6 Å². The summed E-state index contributed by atoms with van der Waals surface area (Å²) in [5.41, 5.74) is 2.94. The standard InChI is InChI=1S/C24H27N5O4/c1-4-9-17(10-5-2)16-29-20-21(27(3)24(32)28(22(20)31)13-8-14-30)26-23(29)33-19-12-7-6-11-18(19)15-25/h6-7,9-12,18-19,30H,1,5,8,13-14,16H2,2-3H3/b17-10+. The maximum absolute atomic E-state index is 13.4. The molecule has 2 atom stereocenters. The second-order valence-corrected chi connectivity index (χ2v) is 7.57. The Labute approximate surface area is 191 Å². The van der Waals surface area contributed by atoms with Crippen molar-refractivity contribution in [3.05, 3.63) is 75.2 Å². The second kappa shape index (κ2) is 10.6. The zero-order valence-electron chi connectivity index (χ0n) is 18.8. The maximum atomic E-state index is 13.4. The van der Waals surface area contributed by atoms with E-state index >= 15 is 0 Å². The molecular weight excluding hydrogens is 422 g/mol. The Kier molecular flexibility index (Phi) is 7.67. The lowest BCUT2D eigenvalue weighted by atomic mass is 9.99. The number of nitrogens with zero attached hydrogens (tertiary/aromatic N) is 5. The van der Waals surface area contributed by atoms with Crippen molar-refractivity contribution in [3.63, 3.8) is 0 Å². The molecule has 0 bridgehead atoms. The molecule has 0 aliphatic heterocycles. The molecule has 9 nitrogen and oxygen atoms in total. The predicted molar refractivity (Wildman–Crippen MR) is 125 cm³/mol. The number of fused-ring (bicyclic) bond motifs is 1. The van der Waals surface area contributed by atoms with Crippen molar-refractivity contribution in [2.45, 2.75) is 39.0 Å². The molecule has 1 aliphatic rings. The lowest BCUT2D eigenvalue weighted by Crippen LogP contribution is -2.40. The third-order valence-electron chi connectivity index (χ3n) is 5.31. The third-order valence-corrected chi connectivity index (χ3v) is 5.31. The first kappa shape index (κ1) is 23.8. The number of aryl methyl sites for hydroxylation is 1. The zero-order valence-corrected chi connectivity index (χ0v) is 18.8. The number of rotatable bonds is 9. The van der Waals surface area contributed by atoms with Gasteiger partial charge in [-0.2, -0.15) is 10.2 Å². The van der Waals surface area contributed by atoms with Crippen LogP contribution in [0.1, 0.15) is 19.8 Å². The summed E-state index contributed by atoms with van der Waals surface area (Å²) in [6, 6.07) is 2.32. The molecular formula is C24H27N5O4. The first-order chi connectivity index (χ1) is 16.0. The number of aromatic nitrogens is 4. The number of hydrogen-bond acceptors (Lipinski definition) is 6. The maximum Gasteiger partial charge on any atom is 0.332 e. The van der Waals surface area contributed by atoms with Crippen molar-refractivity contribution in [2.75, 3.05) is 6.61 Å². The van der Waals surface area contributed by atoms with Gasteiger partial charge in [0, 0.05) is 20.2 Å². The zero-order chi connectivity index (χ0) is 24.0. The quantitative estimate of drug-likeness (QED) is 0.462. The van der Waals surface area contributed by atoms with E-state index in [-0.39, 0.29) is 43.3 Å². The summed E-state index contributed by atoms with van der Waals surface area (Å²) in [7, 11) is 1.54. The van der Waals surface area contributed by atoms with Crippen LogP contribution in [0.15, 0.2) is 63.9 Å². The molecule has 33 heavy (non-hydrogen) atoms. The molecule has 2 heterocycles. The average Bonchev–Trinajstić information content (AvgIpc) is 3.16. The van der Waals surface area contributed by atoms with Crippen molar-refractivity contribution >= 4 is 11.2 Å². The van der Waals surface area contributed by atoms with Crippen LogP contribution in [-0.4, -0.2) is 36.5 Å². The van der Waals surface area contributed by atoms with E-state index in [0.717, 1.165) is 16.6 Å². The van der Waals surface area contributed by atoms with Crippen LogP contribution in [0.5, 0.6) is 6.01 Å². The van der Waals surface area contributed by atoms with Crippen molar-refractivity contribution in [1.29, 1.82) is 5.26 Å². The topological polar surface area (TPSA) is 115 Å². The van der Waals surface area contributed by atoms with Gasteiger partial charge in [-0.25, -0.2) is 4.79 Å². The molecule has 0 saturated carbocycles. The van der Waals surface area contributed by atoms with E-state index in [2.05, 4.69) is 23.4 Å². The highest BCUT2D eigenvalue weighted by Gasteiger charge is 2.26. The van der Waals surface area contributed by atoms with E-state index in [1.807, 2.05) is 13.0 Å². The first-order valence-corrected chi connectivity index (χ1v) is 10.7. The van der Waals surface area contributed by atoms with Gasteiger partial charge in [-0.3, -0.25) is 18.5 Å². The molecule has 1 N–H and O–H groups in total. The van der Waals surface area contributed by atoms with Gasteiger partial charge >= 0.3 is 5.69 Å². The van der Waals surface area contributed by atoms with Gasteiger partial charge in [0.15, 0.2) is 11.2 Å². The highest BCUT2D eigenvalue weighted by molar-refractivity contribution is 5.72. The van der Waals surface area contributed by atoms with Crippen LogP contribution in [0.4, 0.5) is 0 Å². The Morgan fingerprint density at radius 2 is 2.09 bits per heavy atom. The number of nitriles is 1. The molecule has 2 unspecified atom stereocenters. The largest absolute Gasteiger partial charge is 0.455 e. The van der Waals surface area contributed by atoms with Crippen LogP contribution in [0, 0.1) is 17.2 Å². The fourth-order valence-electron chi connectivity index (χ4n) is 3.70. The van der Waals surface area contributed by atoms with Gasteiger partial charge in [0.2, 0.25) is 0 Å². The van der Waals surface area contributed by atoms with Gasteiger partial charge < -0.3 is 9.84 Å². The minimum atomic E-state index is -0.599. The van der Waals surface area contributed by atoms with Crippen LogP contribution in [0.25, 0.3) is 11.2 Å². The summed E-state index contributed by atoms with van der Waals surface area (Å²) in [6.07, 6.45) is 11.2. The summed E-state index contributed by atoms with van der Waals surface area (Å²) in [4.78, 5) is 30.7. The minimum Gasteiger partial charge on any atom is -0.455 e. The van der Waals surface area contributed by atoms with Crippen molar-refractivity contribution in [1.82, 2.24) is 18.7 Å². The monoisotopic (exact) mass is 449 g/mol. The summed E-state index contributed by atoms with van der Waals surface area (Å²) < 4.78 is 10.1. The molecule has 0 saturated heterocycles. The Bertz CT molecular complexity index is 1330. The van der Waals surface area contributed by atoms with E-state index < -0.39 is 23.3 Å². The van der Waals surface area contributed by atoms with Gasteiger partial charge in [-0.05, 0) is 30.6 Å². The highest BCUT2D eigenvalue weighted by atomic mass is 16.5. The lowest BCUT2D eigenvalue weighted by molar-refractivity contribution is 0.199. The predicted octanol–water partition coefficient (Wildman–Crippen LogP) is 1.97.